The Morgan fingerprint density at radius 1 is 1.32 bits per heavy atom. The van der Waals surface area contributed by atoms with Gasteiger partial charge in [-0.25, -0.2) is 4.99 Å². The molecule has 0 bridgehead atoms. The second kappa shape index (κ2) is 10.7. The van der Waals surface area contributed by atoms with E-state index in [-0.39, 0.29) is 41.7 Å². The Morgan fingerprint density at radius 3 is 2.56 bits per heavy atom. The second-order valence-corrected chi connectivity index (χ2v) is 7.94. The maximum Gasteiger partial charge on any atom is 0.191 e. The van der Waals surface area contributed by atoms with Gasteiger partial charge in [0.2, 0.25) is 0 Å². The van der Waals surface area contributed by atoms with Gasteiger partial charge in [0.15, 0.2) is 5.96 Å². The fourth-order valence-corrected chi connectivity index (χ4v) is 3.64. The van der Waals surface area contributed by atoms with Gasteiger partial charge in [-0.1, -0.05) is 0 Å². The van der Waals surface area contributed by atoms with E-state index in [1.807, 2.05) is 0 Å². The fraction of sp³-hybridized carbons (Fsp3) is 0.722. The minimum absolute atomic E-state index is 0. The third-order valence-corrected chi connectivity index (χ3v) is 5.04. The zero-order valence-electron chi connectivity index (χ0n) is 16.0. The van der Waals surface area contributed by atoms with Crippen LogP contribution in [0.25, 0.3) is 0 Å². The molecular formula is C18H33IN4OS. The summed E-state index contributed by atoms with van der Waals surface area (Å²) in [6, 6.07) is 2.12. The van der Waals surface area contributed by atoms with Crippen molar-refractivity contribution >= 4 is 41.3 Å². The van der Waals surface area contributed by atoms with Crippen LogP contribution in [0.2, 0.25) is 0 Å². The molecule has 2 atom stereocenters. The van der Waals surface area contributed by atoms with Gasteiger partial charge in [-0.05, 0) is 57.0 Å². The Hall–Kier alpha value is -0.380. The summed E-state index contributed by atoms with van der Waals surface area (Å²) in [7, 11) is 0. The standard InChI is InChI=1S/C18H32N4OS.HI/c1-6-19-17(20-9-16-7-8-24-12-16)21-13-18(4,5)22-10-14(2)23-15(3)11-22;/h7-8,12,14-15H,6,9-11,13H2,1-5H3,(H2,19,20,21);1H. The Labute approximate surface area is 173 Å². The number of hydrogen-bond acceptors (Lipinski definition) is 4. The van der Waals surface area contributed by atoms with E-state index >= 15 is 0 Å². The summed E-state index contributed by atoms with van der Waals surface area (Å²) in [6.07, 6.45) is 0.571. The molecule has 0 spiro atoms. The van der Waals surface area contributed by atoms with Crippen molar-refractivity contribution in [3.63, 3.8) is 0 Å². The number of nitrogens with one attached hydrogen (secondary N) is 2. The zero-order valence-corrected chi connectivity index (χ0v) is 19.2. The minimum atomic E-state index is 0. The summed E-state index contributed by atoms with van der Waals surface area (Å²) in [5.41, 5.74) is 1.30. The van der Waals surface area contributed by atoms with Gasteiger partial charge in [-0.15, -0.1) is 24.0 Å². The molecule has 1 aliphatic rings. The van der Waals surface area contributed by atoms with Gasteiger partial charge < -0.3 is 15.4 Å². The first-order valence-electron chi connectivity index (χ1n) is 8.84. The first-order chi connectivity index (χ1) is 11.4. The molecule has 0 radical (unpaired) electrons. The van der Waals surface area contributed by atoms with Crippen molar-refractivity contribution in [1.29, 1.82) is 0 Å². The molecule has 1 fully saturated rings. The zero-order chi connectivity index (χ0) is 17.6. The first-order valence-corrected chi connectivity index (χ1v) is 9.78. The molecular weight excluding hydrogens is 447 g/mol. The molecule has 5 nitrogen and oxygen atoms in total. The van der Waals surface area contributed by atoms with Crippen LogP contribution in [0.15, 0.2) is 21.8 Å². The number of hydrogen-bond donors (Lipinski definition) is 2. The van der Waals surface area contributed by atoms with Gasteiger partial charge in [-0.3, -0.25) is 4.90 Å². The molecule has 1 aromatic heterocycles. The summed E-state index contributed by atoms with van der Waals surface area (Å²) >= 11 is 1.71. The molecule has 2 N–H and O–H groups in total. The Kier molecular flexibility index (Phi) is 9.69. The summed E-state index contributed by atoms with van der Waals surface area (Å²) in [5, 5.41) is 11.1. The third kappa shape index (κ3) is 7.40. The summed E-state index contributed by atoms with van der Waals surface area (Å²) in [6.45, 7) is 15.3. The Morgan fingerprint density at radius 2 is 2.00 bits per heavy atom. The number of nitrogens with zero attached hydrogens (tertiary/aromatic N) is 2. The number of morpholine rings is 1. The molecule has 1 saturated heterocycles. The van der Waals surface area contributed by atoms with Crippen LogP contribution in [0.3, 0.4) is 0 Å². The van der Waals surface area contributed by atoms with Crippen molar-refractivity contribution in [3.05, 3.63) is 22.4 Å². The van der Waals surface area contributed by atoms with Gasteiger partial charge in [0.05, 0.1) is 18.8 Å². The van der Waals surface area contributed by atoms with Crippen LogP contribution < -0.4 is 10.6 Å². The highest BCUT2D eigenvalue weighted by Gasteiger charge is 2.33. The highest BCUT2D eigenvalue weighted by atomic mass is 127. The van der Waals surface area contributed by atoms with Gasteiger partial charge in [-0.2, -0.15) is 11.3 Å². The number of aliphatic imine (C=N–C) groups is 1. The molecule has 0 saturated carbocycles. The maximum atomic E-state index is 5.86. The number of ether oxygens (including phenoxy) is 1. The minimum Gasteiger partial charge on any atom is -0.373 e. The largest absolute Gasteiger partial charge is 0.373 e. The number of halogens is 1. The monoisotopic (exact) mass is 480 g/mol. The van der Waals surface area contributed by atoms with Crippen molar-refractivity contribution in [3.8, 4) is 0 Å². The number of guanidine groups is 1. The lowest BCUT2D eigenvalue weighted by atomic mass is 10.00. The molecule has 144 valence electrons. The molecule has 0 aromatic carbocycles. The highest BCUT2D eigenvalue weighted by Crippen LogP contribution is 2.20. The van der Waals surface area contributed by atoms with Crippen LogP contribution in [0.5, 0.6) is 0 Å². The van der Waals surface area contributed by atoms with E-state index in [2.05, 4.69) is 67.0 Å². The molecule has 0 aliphatic carbocycles. The molecule has 2 unspecified atom stereocenters. The highest BCUT2D eigenvalue weighted by molar-refractivity contribution is 14.0. The van der Waals surface area contributed by atoms with Crippen LogP contribution in [0, 0.1) is 0 Å². The van der Waals surface area contributed by atoms with Gasteiger partial charge in [0.25, 0.3) is 0 Å². The van der Waals surface area contributed by atoms with Crippen molar-refractivity contribution < 1.29 is 4.74 Å². The smallest absolute Gasteiger partial charge is 0.191 e. The predicted molar refractivity (Wildman–Crippen MR) is 118 cm³/mol. The molecule has 1 aliphatic heterocycles. The quantitative estimate of drug-likeness (QED) is 0.373. The van der Waals surface area contributed by atoms with E-state index in [0.29, 0.717) is 6.54 Å². The van der Waals surface area contributed by atoms with Crippen molar-refractivity contribution in [1.82, 2.24) is 15.5 Å². The van der Waals surface area contributed by atoms with Crippen LogP contribution in [-0.4, -0.2) is 54.8 Å². The van der Waals surface area contributed by atoms with Gasteiger partial charge in [0.1, 0.15) is 0 Å². The van der Waals surface area contributed by atoms with E-state index in [1.54, 1.807) is 11.3 Å². The number of thiophene rings is 1. The second-order valence-electron chi connectivity index (χ2n) is 7.16. The fourth-order valence-electron chi connectivity index (χ4n) is 2.98. The van der Waals surface area contributed by atoms with E-state index in [0.717, 1.165) is 32.1 Å². The summed E-state index contributed by atoms with van der Waals surface area (Å²) < 4.78 is 5.86. The first kappa shape index (κ1) is 22.7. The van der Waals surface area contributed by atoms with E-state index < -0.39 is 0 Å². The maximum absolute atomic E-state index is 5.86. The molecule has 2 rings (SSSR count). The number of rotatable bonds is 6. The topological polar surface area (TPSA) is 48.9 Å². The molecule has 25 heavy (non-hydrogen) atoms. The van der Waals surface area contributed by atoms with Crippen molar-refractivity contribution in [2.45, 2.75) is 58.9 Å². The summed E-state index contributed by atoms with van der Waals surface area (Å²) in [5.74, 6) is 0.881. The van der Waals surface area contributed by atoms with Crippen LogP contribution >= 0.6 is 35.3 Å². The molecule has 0 amide bonds. The molecule has 1 aromatic rings. The van der Waals surface area contributed by atoms with Crippen LogP contribution in [0.1, 0.15) is 40.2 Å². The Bertz CT molecular complexity index is 511. The lowest BCUT2D eigenvalue weighted by molar-refractivity contribution is -0.0946. The Balaban J connectivity index is 0.00000312. The van der Waals surface area contributed by atoms with Crippen molar-refractivity contribution in [2.75, 3.05) is 26.2 Å². The third-order valence-electron chi connectivity index (χ3n) is 4.31. The van der Waals surface area contributed by atoms with Crippen molar-refractivity contribution in [2.24, 2.45) is 4.99 Å². The molecule has 2 heterocycles. The summed E-state index contributed by atoms with van der Waals surface area (Å²) in [4.78, 5) is 7.21. The lowest BCUT2D eigenvalue weighted by Crippen LogP contribution is -2.59. The predicted octanol–water partition coefficient (Wildman–Crippen LogP) is 3.31. The average Bonchev–Trinajstić information content (AvgIpc) is 3.02. The van der Waals surface area contributed by atoms with Gasteiger partial charge >= 0.3 is 0 Å². The SMILES string of the molecule is CCNC(=NCc1ccsc1)NCC(C)(C)N1CC(C)OC(C)C1.I. The molecule has 7 heteroatoms. The van der Waals surface area contributed by atoms with E-state index in [9.17, 15) is 0 Å². The van der Waals surface area contributed by atoms with Crippen LogP contribution in [-0.2, 0) is 11.3 Å². The lowest BCUT2D eigenvalue weighted by Gasteiger charge is -2.45. The average molecular weight is 480 g/mol. The normalized spacial score (nSPS) is 22.4. The van der Waals surface area contributed by atoms with E-state index in [1.165, 1.54) is 5.56 Å². The van der Waals surface area contributed by atoms with Gasteiger partial charge in [0, 0.05) is 31.7 Å². The van der Waals surface area contributed by atoms with Crippen LogP contribution in [0.4, 0.5) is 0 Å². The van der Waals surface area contributed by atoms with E-state index in [4.69, 9.17) is 9.73 Å².